The summed E-state index contributed by atoms with van der Waals surface area (Å²) >= 11 is 0. The second kappa shape index (κ2) is 9.06. The van der Waals surface area contributed by atoms with E-state index < -0.39 is 10.0 Å². The highest BCUT2D eigenvalue weighted by Crippen LogP contribution is 1.94. The molecular formula is C12H24N4O2S. The minimum atomic E-state index is -3.15. The Morgan fingerprint density at radius 3 is 2.74 bits per heavy atom. The van der Waals surface area contributed by atoms with Crippen molar-refractivity contribution >= 4 is 10.0 Å². The van der Waals surface area contributed by atoms with Crippen LogP contribution >= 0.6 is 0 Å². The Hall–Kier alpha value is -0.920. The molecule has 0 saturated heterocycles. The Bertz CT molecular complexity index is 417. The number of hydrogen-bond acceptors (Lipinski definition) is 4. The van der Waals surface area contributed by atoms with E-state index in [4.69, 9.17) is 0 Å². The van der Waals surface area contributed by atoms with Gasteiger partial charge in [-0.2, -0.15) is 5.10 Å². The van der Waals surface area contributed by atoms with Gasteiger partial charge >= 0.3 is 0 Å². The molecule has 2 N–H and O–H groups in total. The van der Waals surface area contributed by atoms with E-state index in [0.29, 0.717) is 19.5 Å². The SMILES string of the molecule is CCCNCCCCS(=O)(=O)NCCn1cccn1. The van der Waals surface area contributed by atoms with Crippen LogP contribution in [0, 0.1) is 0 Å². The lowest BCUT2D eigenvalue weighted by atomic mass is 10.3. The lowest BCUT2D eigenvalue weighted by molar-refractivity contribution is 0.555. The van der Waals surface area contributed by atoms with E-state index in [0.717, 1.165) is 25.9 Å². The van der Waals surface area contributed by atoms with Crippen LogP contribution in [0.2, 0.25) is 0 Å². The molecule has 0 spiro atoms. The fourth-order valence-corrected chi connectivity index (χ4v) is 2.80. The van der Waals surface area contributed by atoms with Gasteiger partial charge in [0.2, 0.25) is 10.0 Å². The Labute approximate surface area is 115 Å². The minimum Gasteiger partial charge on any atom is -0.317 e. The fraction of sp³-hybridized carbons (Fsp3) is 0.750. The molecule has 1 rings (SSSR count). The first kappa shape index (κ1) is 16.1. The van der Waals surface area contributed by atoms with Crippen LogP contribution < -0.4 is 10.0 Å². The molecule has 1 heterocycles. The summed E-state index contributed by atoms with van der Waals surface area (Å²) in [6, 6.07) is 1.82. The highest BCUT2D eigenvalue weighted by molar-refractivity contribution is 7.89. The van der Waals surface area contributed by atoms with Gasteiger partial charge < -0.3 is 5.32 Å². The van der Waals surface area contributed by atoms with Crippen LogP contribution in [-0.2, 0) is 16.6 Å². The van der Waals surface area contributed by atoms with Crippen LogP contribution in [0.4, 0.5) is 0 Å². The monoisotopic (exact) mass is 288 g/mol. The predicted molar refractivity (Wildman–Crippen MR) is 76.4 cm³/mol. The molecular weight excluding hydrogens is 264 g/mol. The molecule has 1 aromatic heterocycles. The van der Waals surface area contributed by atoms with Crippen LogP contribution in [0.25, 0.3) is 0 Å². The molecule has 1 aromatic rings. The van der Waals surface area contributed by atoms with E-state index in [2.05, 4.69) is 22.1 Å². The molecule has 0 aromatic carbocycles. The first-order valence-corrected chi connectivity index (χ1v) is 8.45. The molecule has 0 atom stereocenters. The van der Waals surface area contributed by atoms with E-state index >= 15 is 0 Å². The number of sulfonamides is 1. The van der Waals surface area contributed by atoms with Crippen LogP contribution in [-0.4, -0.2) is 43.6 Å². The van der Waals surface area contributed by atoms with Crippen molar-refractivity contribution in [3.05, 3.63) is 18.5 Å². The van der Waals surface area contributed by atoms with Crippen molar-refractivity contribution in [2.45, 2.75) is 32.7 Å². The van der Waals surface area contributed by atoms with Crippen LogP contribution in [0.5, 0.6) is 0 Å². The summed E-state index contributed by atoms with van der Waals surface area (Å²) in [5.41, 5.74) is 0. The number of unbranched alkanes of at least 4 members (excludes halogenated alkanes) is 1. The largest absolute Gasteiger partial charge is 0.317 e. The average molecular weight is 288 g/mol. The summed E-state index contributed by atoms with van der Waals surface area (Å²) in [7, 11) is -3.15. The quantitative estimate of drug-likeness (QED) is 0.584. The van der Waals surface area contributed by atoms with Gasteiger partial charge in [-0.15, -0.1) is 0 Å². The maximum atomic E-state index is 11.7. The number of nitrogens with zero attached hydrogens (tertiary/aromatic N) is 2. The van der Waals surface area contributed by atoms with E-state index in [1.54, 1.807) is 10.9 Å². The molecule has 0 fully saturated rings. The molecule has 7 heteroatoms. The second-order valence-corrected chi connectivity index (χ2v) is 6.37. The molecule has 0 radical (unpaired) electrons. The number of aromatic nitrogens is 2. The van der Waals surface area contributed by atoms with E-state index in [1.165, 1.54) is 0 Å². The molecule has 0 aliphatic carbocycles. The van der Waals surface area contributed by atoms with Gasteiger partial charge in [0, 0.05) is 18.9 Å². The number of rotatable bonds is 11. The van der Waals surface area contributed by atoms with Crippen molar-refractivity contribution in [3.63, 3.8) is 0 Å². The zero-order valence-corrected chi connectivity index (χ0v) is 12.3. The van der Waals surface area contributed by atoms with Crippen molar-refractivity contribution < 1.29 is 8.42 Å². The van der Waals surface area contributed by atoms with Gasteiger partial charge in [0.25, 0.3) is 0 Å². The van der Waals surface area contributed by atoms with Gasteiger partial charge in [-0.05, 0) is 38.4 Å². The maximum Gasteiger partial charge on any atom is 0.211 e. The maximum absolute atomic E-state index is 11.7. The van der Waals surface area contributed by atoms with Crippen LogP contribution in [0.15, 0.2) is 18.5 Å². The molecule has 19 heavy (non-hydrogen) atoms. The molecule has 0 unspecified atom stereocenters. The van der Waals surface area contributed by atoms with Crippen LogP contribution in [0.1, 0.15) is 26.2 Å². The summed E-state index contributed by atoms with van der Waals surface area (Å²) in [5.74, 6) is 0.194. The topological polar surface area (TPSA) is 76.0 Å². The van der Waals surface area contributed by atoms with Gasteiger partial charge in [-0.3, -0.25) is 4.68 Å². The second-order valence-electron chi connectivity index (χ2n) is 4.44. The summed E-state index contributed by atoms with van der Waals surface area (Å²) in [6.45, 7) is 4.94. The van der Waals surface area contributed by atoms with Gasteiger partial charge in [-0.25, -0.2) is 13.1 Å². The molecule has 110 valence electrons. The molecule has 0 aliphatic rings. The van der Waals surface area contributed by atoms with Crippen molar-refractivity contribution in [3.8, 4) is 0 Å². The van der Waals surface area contributed by atoms with E-state index in [-0.39, 0.29) is 5.75 Å². The predicted octanol–water partition coefficient (Wildman–Crippen LogP) is 0.582. The van der Waals surface area contributed by atoms with Crippen molar-refractivity contribution in [2.24, 2.45) is 0 Å². The molecule has 0 saturated carbocycles. The third-order valence-electron chi connectivity index (χ3n) is 2.67. The Morgan fingerprint density at radius 2 is 2.05 bits per heavy atom. The summed E-state index contributed by atoms with van der Waals surface area (Å²) in [5, 5.41) is 7.27. The van der Waals surface area contributed by atoms with Crippen molar-refractivity contribution in [1.82, 2.24) is 19.8 Å². The Kier molecular flexibility index (Phi) is 7.69. The lowest BCUT2D eigenvalue weighted by Crippen LogP contribution is -2.30. The molecule has 0 aliphatic heterocycles. The van der Waals surface area contributed by atoms with Gasteiger partial charge in [0.05, 0.1) is 12.3 Å². The number of hydrogen-bond donors (Lipinski definition) is 2. The smallest absolute Gasteiger partial charge is 0.211 e. The fourth-order valence-electron chi connectivity index (χ4n) is 1.66. The van der Waals surface area contributed by atoms with Crippen molar-refractivity contribution in [2.75, 3.05) is 25.4 Å². The normalized spacial score (nSPS) is 11.8. The van der Waals surface area contributed by atoms with E-state index in [9.17, 15) is 8.42 Å². The average Bonchev–Trinajstić information content (AvgIpc) is 2.86. The molecule has 6 nitrogen and oxygen atoms in total. The third kappa shape index (κ3) is 7.97. The highest BCUT2D eigenvalue weighted by atomic mass is 32.2. The minimum absolute atomic E-state index is 0.194. The number of nitrogens with one attached hydrogen (secondary N) is 2. The molecule has 0 bridgehead atoms. The standard InChI is InChI=1S/C12H24N4O2S/c1-2-6-13-7-3-4-12-19(17,18)15-9-11-16-10-5-8-14-16/h5,8,10,13,15H,2-4,6-7,9,11-12H2,1H3. The van der Waals surface area contributed by atoms with Gasteiger partial charge in [0.1, 0.15) is 0 Å². The first-order chi connectivity index (χ1) is 9.14. The zero-order chi connectivity index (χ0) is 14.0. The third-order valence-corrected chi connectivity index (χ3v) is 4.14. The van der Waals surface area contributed by atoms with Gasteiger partial charge in [-0.1, -0.05) is 6.92 Å². The molecule has 0 amide bonds. The summed E-state index contributed by atoms with van der Waals surface area (Å²) < 4.78 is 27.7. The lowest BCUT2D eigenvalue weighted by Gasteiger charge is -2.07. The van der Waals surface area contributed by atoms with Crippen molar-refractivity contribution in [1.29, 1.82) is 0 Å². The zero-order valence-electron chi connectivity index (χ0n) is 11.5. The summed E-state index contributed by atoms with van der Waals surface area (Å²) in [4.78, 5) is 0. The van der Waals surface area contributed by atoms with Crippen LogP contribution in [0.3, 0.4) is 0 Å². The summed E-state index contributed by atoms with van der Waals surface area (Å²) in [6.07, 6.45) is 6.17. The van der Waals surface area contributed by atoms with Gasteiger partial charge in [0.15, 0.2) is 0 Å². The Balaban J connectivity index is 2.07. The highest BCUT2D eigenvalue weighted by Gasteiger charge is 2.08. The Morgan fingerprint density at radius 1 is 1.21 bits per heavy atom. The van der Waals surface area contributed by atoms with E-state index in [1.807, 2.05) is 12.3 Å². The first-order valence-electron chi connectivity index (χ1n) is 6.79.